The van der Waals surface area contributed by atoms with E-state index in [4.69, 9.17) is 9.47 Å². The summed E-state index contributed by atoms with van der Waals surface area (Å²) in [6.45, 7) is 6.49. The van der Waals surface area contributed by atoms with Crippen LogP contribution in [0.1, 0.15) is 64.6 Å². The van der Waals surface area contributed by atoms with E-state index in [1.165, 1.54) is 0 Å². The van der Waals surface area contributed by atoms with E-state index in [2.05, 4.69) is 6.92 Å². The number of fused-ring (bicyclic) bond motifs is 1. The molecule has 0 saturated carbocycles. The summed E-state index contributed by atoms with van der Waals surface area (Å²) in [6.07, 6.45) is 1.98. The Hall–Kier alpha value is -1.92. The first-order chi connectivity index (χ1) is 11.9. The van der Waals surface area contributed by atoms with Crippen LogP contribution in [-0.4, -0.2) is 42.0 Å². The van der Waals surface area contributed by atoms with E-state index in [-0.39, 0.29) is 23.3 Å². The van der Waals surface area contributed by atoms with Crippen LogP contribution in [0.2, 0.25) is 0 Å². The fourth-order valence-electron chi connectivity index (χ4n) is 3.55. The Balaban J connectivity index is 2.62. The monoisotopic (exact) mass is 350 g/mol. The zero-order chi connectivity index (χ0) is 18.6. The molecule has 1 aliphatic carbocycles. The van der Waals surface area contributed by atoms with Crippen molar-refractivity contribution in [2.24, 2.45) is 5.92 Å². The smallest absolute Gasteiger partial charge is 0.336 e. The number of rotatable bonds is 8. The largest absolute Gasteiger partial charge is 0.507 e. The van der Waals surface area contributed by atoms with E-state index in [0.29, 0.717) is 54.9 Å². The number of phenolic OH excluding ortho intramolecular Hbond substituents is 1. The van der Waals surface area contributed by atoms with Gasteiger partial charge in [0, 0.05) is 19.6 Å². The van der Waals surface area contributed by atoms with Crippen molar-refractivity contribution in [3.8, 4) is 5.75 Å². The Morgan fingerprint density at radius 1 is 1.28 bits per heavy atom. The lowest BCUT2D eigenvalue weighted by molar-refractivity contribution is -0.134. The zero-order valence-electron chi connectivity index (χ0n) is 15.0. The minimum absolute atomic E-state index is 0.0367. The fraction of sp³-hybridized carbons (Fsp3) is 0.579. The predicted octanol–water partition coefficient (Wildman–Crippen LogP) is 2.97. The molecule has 2 N–H and O–H groups in total. The lowest BCUT2D eigenvalue weighted by Gasteiger charge is -2.28. The van der Waals surface area contributed by atoms with E-state index in [9.17, 15) is 19.8 Å². The van der Waals surface area contributed by atoms with Crippen LogP contribution in [0.3, 0.4) is 0 Å². The minimum atomic E-state index is -1.09. The van der Waals surface area contributed by atoms with E-state index in [0.717, 1.165) is 6.42 Å². The minimum Gasteiger partial charge on any atom is -0.507 e. The number of carboxylic acid groups (broad SMARTS) is 1. The SMILES string of the molecule is CCOC(Cc1c(C=O)c(O)c2c(c1C(=O)O)CCC(C)C2)OCC. The number of carboxylic acids is 1. The van der Waals surface area contributed by atoms with Gasteiger partial charge in [0.25, 0.3) is 0 Å². The van der Waals surface area contributed by atoms with Crippen LogP contribution in [0.4, 0.5) is 0 Å². The fourth-order valence-corrected chi connectivity index (χ4v) is 3.55. The van der Waals surface area contributed by atoms with Gasteiger partial charge in [-0.05, 0) is 55.7 Å². The van der Waals surface area contributed by atoms with Gasteiger partial charge in [-0.1, -0.05) is 6.92 Å². The molecule has 0 aromatic heterocycles. The second kappa shape index (κ2) is 8.45. The van der Waals surface area contributed by atoms with Crippen molar-refractivity contribution in [1.82, 2.24) is 0 Å². The third kappa shape index (κ3) is 4.02. The van der Waals surface area contributed by atoms with Gasteiger partial charge in [0.05, 0.1) is 11.1 Å². The molecule has 0 fully saturated rings. The molecular weight excluding hydrogens is 324 g/mol. The average Bonchev–Trinajstić information content (AvgIpc) is 2.56. The number of hydrogen-bond donors (Lipinski definition) is 2. The molecule has 1 aromatic rings. The summed E-state index contributed by atoms with van der Waals surface area (Å²) in [5.41, 5.74) is 1.67. The molecule has 0 aliphatic heterocycles. The quantitative estimate of drug-likeness (QED) is 0.553. The van der Waals surface area contributed by atoms with Gasteiger partial charge in [-0.15, -0.1) is 0 Å². The number of hydrogen-bond acceptors (Lipinski definition) is 5. The molecule has 0 heterocycles. The first kappa shape index (κ1) is 19.4. The Morgan fingerprint density at radius 2 is 1.92 bits per heavy atom. The molecule has 0 bridgehead atoms. The summed E-state index contributed by atoms with van der Waals surface area (Å²) in [5.74, 6) is -0.844. The third-order valence-corrected chi connectivity index (χ3v) is 4.68. The number of aromatic hydroxyl groups is 1. The molecule has 0 spiro atoms. The number of carbonyl (C=O) groups excluding carboxylic acids is 1. The number of aromatic carboxylic acids is 1. The summed E-state index contributed by atoms with van der Waals surface area (Å²) >= 11 is 0. The number of phenols is 1. The van der Waals surface area contributed by atoms with Crippen molar-refractivity contribution in [2.45, 2.75) is 52.7 Å². The molecule has 6 nitrogen and oxygen atoms in total. The summed E-state index contributed by atoms with van der Waals surface area (Å²) < 4.78 is 11.0. The molecule has 1 unspecified atom stereocenters. The van der Waals surface area contributed by atoms with Gasteiger partial charge in [-0.25, -0.2) is 4.79 Å². The van der Waals surface area contributed by atoms with Crippen LogP contribution < -0.4 is 0 Å². The summed E-state index contributed by atoms with van der Waals surface area (Å²) in [6, 6.07) is 0. The van der Waals surface area contributed by atoms with E-state index in [1.54, 1.807) is 0 Å². The normalized spacial score (nSPS) is 16.7. The number of carbonyl (C=O) groups is 2. The van der Waals surface area contributed by atoms with Crippen molar-refractivity contribution in [1.29, 1.82) is 0 Å². The molecule has 25 heavy (non-hydrogen) atoms. The first-order valence-electron chi connectivity index (χ1n) is 8.75. The molecule has 0 radical (unpaired) electrons. The molecular formula is C19H26O6. The Kier molecular flexibility index (Phi) is 6.56. The van der Waals surface area contributed by atoms with Crippen molar-refractivity contribution in [3.63, 3.8) is 0 Å². The highest BCUT2D eigenvalue weighted by Gasteiger charge is 2.31. The summed E-state index contributed by atoms with van der Waals surface area (Å²) in [7, 11) is 0. The van der Waals surface area contributed by atoms with Crippen LogP contribution in [-0.2, 0) is 28.7 Å². The average molecular weight is 350 g/mol. The Labute approximate surface area is 147 Å². The molecule has 2 rings (SSSR count). The molecule has 0 saturated heterocycles. The summed E-state index contributed by atoms with van der Waals surface area (Å²) in [5, 5.41) is 20.4. The van der Waals surface area contributed by atoms with Crippen molar-refractivity contribution in [2.75, 3.05) is 13.2 Å². The topological polar surface area (TPSA) is 93.1 Å². The number of aldehydes is 1. The Bertz CT molecular complexity index is 646. The highest BCUT2D eigenvalue weighted by Crippen LogP contribution is 2.39. The van der Waals surface area contributed by atoms with Gasteiger partial charge in [0.1, 0.15) is 5.75 Å². The maximum absolute atomic E-state index is 12.0. The molecule has 0 amide bonds. The van der Waals surface area contributed by atoms with Crippen molar-refractivity contribution < 1.29 is 29.3 Å². The highest BCUT2D eigenvalue weighted by atomic mass is 16.7. The van der Waals surface area contributed by atoms with Crippen LogP contribution in [0, 0.1) is 5.92 Å². The van der Waals surface area contributed by atoms with Gasteiger partial charge in [0.2, 0.25) is 0 Å². The van der Waals surface area contributed by atoms with Crippen molar-refractivity contribution >= 4 is 12.3 Å². The van der Waals surface area contributed by atoms with Gasteiger partial charge < -0.3 is 19.7 Å². The molecule has 1 aliphatic rings. The molecule has 1 aromatic carbocycles. The molecule has 6 heteroatoms. The van der Waals surface area contributed by atoms with Gasteiger partial charge in [-0.2, -0.15) is 0 Å². The van der Waals surface area contributed by atoms with Crippen LogP contribution in [0.5, 0.6) is 5.75 Å². The van der Waals surface area contributed by atoms with E-state index >= 15 is 0 Å². The van der Waals surface area contributed by atoms with Crippen LogP contribution in [0.25, 0.3) is 0 Å². The standard InChI is InChI=1S/C19H26O6/c1-4-24-16(25-5-2)9-13-15(10-20)18(21)14-8-11(3)6-7-12(14)17(13)19(22)23/h10-11,16,21H,4-9H2,1-3H3,(H,22,23). The van der Waals surface area contributed by atoms with E-state index in [1.807, 2.05) is 13.8 Å². The lowest BCUT2D eigenvalue weighted by atomic mass is 9.78. The first-order valence-corrected chi connectivity index (χ1v) is 8.75. The van der Waals surface area contributed by atoms with Gasteiger partial charge in [0.15, 0.2) is 12.6 Å². The van der Waals surface area contributed by atoms with E-state index < -0.39 is 12.3 Å². The number of benzene rings is 1. The molecule has 138 valence electrons. The highest BCUT2D eigenvalue weighted by molar-refractivity contribution is 5.97. The van der Waals surface area contributed by atoms with Gasteiger partial charge in [-0.3, -0.25) is 4.79 Å². The lowest BCUT2D eigenvalue weighted by Crippen LogP contribution is -2.25. The third-order valence-electron chi connectivity index (χ3n) is 4.68. The Morgan fingerprint density at radius 3 is 2.44 bits per heavy atom. The van der Waals surface area contributed by atoms with Gasteiger partial charge >= 0.3 is 5.97 Å². The predicted molar refractivity (Wildman–Crippen MR) is 92.4 cm³/mol. The maximum atomic E-state index is 12.0. The second-order valence-corrected chi connectivity index (χ2v) is 6.39. The zero-order valence-corrected chi connectivity index (χ0v) is 15.0. The summed E-state index contributed by atoms with van der Waals surface area (Å²) in [4.78, 5) is 23.6. The number of ether oxygens (including phenoxy) is 2. The maximum Gasteiger partial charge on any atom is 0.336 e. The van der Waals surface area contributed by atoms with Crippen LogP contribution in [0.15, 0.2) is 0 Å². The van der Waals surface area contributed by atoms with Crippen molar-refractivity contribution in [3.05, 3.63) is 27.8 Å². The van der Waals surface area contributed by atoms with Crippen LogP contribution >= 0.6 is 0 Å². The second-order valence-electron chi connectivity index (χ2n) is 6.39. The molecule has 1 atom stereocenters.